The van der Waals surface area contributed by atoms with Crippen molar-refractivity contribution < 1.29 is 9.90 Å². The molecular formula is C28H36N6O3. The molecule has 0 spiro atoms. The van der Waals surface area contributed by atoms with Gasteiger partial charge in [-0.3, -0.25) is 24.4 Å². The number of carbonyl (C=O) groups excluding carboxylic acids is 1. The molecule has 9 nitrogen and oxygen atoms in total. The molecular weight excluding hydrogens is 468 g/mol. The number of carbonyl (C=O) groups is 1. The second-order valence-electron chi connectivity index (χ2n) is 11.4. The summed E-state index contributed by atoms with van der Waals surface area (Å²) in [6, 6.07) is 6.09. The number of benzene rings is 1. The summed E-state index contributed by atoms with van der Waals surface area (Å²) in [6.45, 7) is 1.61. The topological polar surface area (TPSA) is 126 Å². The van der Waals surface area contributed by atoms with Gasteiger partial charge >= 0.3 is 0 Å². The van der Waals surface area contributed by atoms with Crippen LogP contribution in [0.1, 0.15) is 63.0 Å². The summed E-state index contributed by atoms with van der Waals surface area (Å²) in [6.07, 6.45) is 9.54. The molecule has 2 saturated carbocycles. The first-order valence-corrected chi connectivity index (χ1v) is 13.6. The normalized spacial score (nSPS) is 29.1. The van der Waals surface area contributed by atoms with Crippen LogP contribution in [-0.4, -0.2) is 56.7 Å². The van der Waals surface area contributed by atoms with Crippen molar-refractivity contribution in [2.75, 3.05) is 20.1 Å². The minimum atomic E-state index is -0.580. The fraction of sp³-hybridized carbons (Fsp3) is 0.571. The lowest BCUT2D eigenvalue weighted by Crippen LogP contribution is -2.60. The Morgan fingerprint density at radius 1 is 1.14 bits per heavy atom. The van der Waals surface area contributed by atoms with Crippen molar-refractivity contribution in [3.63, 3.8) is 0 Å². The molecule has 3 aliphatic rings. The summed E-state index contributed by atoms with van der Waals surface area (Å²) in [7, 11) is 2.08. The maximum Gasteiger partial charge on any atom is 0.260 e. The molecule has 2 aliphatic carbocycles. The maximum atomic E-state index is 14.1. The smallest absolute Gasteiger partial charge is 0.260 e. The van der Waals surface area contributed by atoms with Crippen LogP contribution < -0.4 is 16.6 Å². The van der Waals surface area contributed by atoms with Crippen molar-refractivity contribution in [2.24, 2.45) is 17.6 Å². The number of nitrogens with zero attached hydrogens (tertiary/aromatic N) is 4. The molecule has 2 atom stereocenters. The number of nitrogens with two attached hydrogens (primary N) is 1. The van der Waals surface area contributed by atoms with Gasteiger partial charge in [0, 0.05) is 35.5 Å². The number of likely N-dealkylation sites (tertiary alicyclic amines) is 1. The van der Waals surface area contributed by atoms with E-state index in [9.17, 15) is 14.7 Å². The predicted octanol–water partition coefficient (Wildman–Crippen LogP) is 2.40. The summed E-state index contributed by atoms with van der Waals surface area (Å²) in [4.78, 5) is 37.5. The van der Waals surface area contributed by atoms with Crippen LogP contribution in [0.15, 0.2) is 35.5 Å². The van der Waals surface area contributed by atoms with Crippen molar-refractivity contribution in [2.45, 2.75) is 69.2 Å². The molecule has 3 fully saturated rings. The average Bonchev–Trinajstić information content (AvgIpc) is 3.74. The first kappa shape index (κ1) is 24.5. The number of aliphatic hydroxyl groups excluding tert-OH is 1. The van der Waals surface area contributed by atoms with Crippen LogP contribution in [0.25, 0.3) is 21.8 Å². The van der Waals surface area contributed by atoms with Crippen LogP contribution in [0.3, 0.4) is 0 Å². The number of fused-ring (bicyclic) bond motifs is 3. The molecule has 196 valence electrons. The van der Waals surface area contributed by atoms with Gasteiger partial charge < -0.3 is 10.8 Å². The zero-order chi connectivity index (χ0) is 25.7. The van der Waals surface area contributed by atoms with Crippen molar-refractivity contribution in [3.05, 3.63) is 46.6 Å². The van der Waals surface area contributed by atoms with E-state index in [1.165, 1.54) is 19.2 Å². The van der Waals surface area contributed by atoms with E-state index in [1.807, 2.05) is 16.7 Å². The molecule has 37 heavy (non-hydrogen) atoms. The standard InChI is InChI=1S/C28H36N6O3/c1-33-11-10-18(25(29)36)13-28(33,32-14-17-2-3-17)19-4-9-22-23(12-19)27(37)34(20-5-7-21(35)8-6-20)26-24(22)15-30-16-31-26/h4,9,12,15-18,20-21,32,35H,2-3,5-8,10-11,13-14H2,1H3,(H2,29,36). The third-order valence-corrected chi connectivity index (χ3v) is 8.98. The van der Waals surface area contributed by atoms with Gasteiger partial charge in [0.05, 0.1) is 11.8 Å². The van der Waals surface area contributed by atoms with E-state index < -0.39 is 5.66 Å². The average molecular weight is 505 g/mol. The number of primary amides is 1. The van der Waals surface area contributed by atoms with E-state index in [0.717, 1.165) is 48.7 Å². The van der Waals surface area contributed by atoms with E-state index in [0.29, 0.717) is 36.2 Å². The summed E-state index contributed by atoms with van der Waals surface area (Å²) in [5.41, 5.74) is 6.78. The molecule has 1 aliphatic heterocycles. The number of aliphatic hydroxyl groups is 1. The van der Waals surface area contributed by atoms with Gasteiger partial charge in [-0.1, -0.05) is 12.1 Å². The molecule has 6 rings (SSSR count). The Morgan fingerprint density at radius 2 is 1.92 bits per heavy atom. The number of hydrogen-bond acceptors (Lipinski definition) is 7. The van der Waals surface area contributed by atoms with Gasteiger partial charge in [-0.25, -0.2) is 9.97 Å². The van der Waals surface area contributed by atoms with Gasteiger partial charge in [-0.15, -0.1) is 0 Å². The molecule has 2 unspecified atom stereocenters. The first-order valence-electron chi connectivity index (χ1n) is 13.6. The van der Waals surface area contributed by atoms with E-state index in [1.54, 1.807) is 6.20 Å². The Balaban J connectivity index is 1.52. The Labute approximate surface area is 216 Å². The first-order chi connectivity index (χ1) is 17.9. The number of nitrogens with one attached hydrogen (secondary N) is 1. The molecule has 9 heteroatoms. The van der Waals surface area contributed by atoms with E-state index in [4.69, 9.17) is 5.73 Å². The van der Waals surface area contributed by atoms with Crippen molar-refractivity contribution in [1.29, 1.82) is 0 Å². The van der Waals surface area contributed by atoms with Crippen LogP contribution in [0, 0.1) is 11.8 Å². The van der Waals surface area contributed by atoms with Crippen molar-refractivity contribution in [3.8, 4) is 0 Å². The fourth-order valence-electron chi connectivity index (χ4n) is 6.48. The van der Waals surface area contributed by atoms with Gasteiger partial charge in [0.25, 0.3) is 5.56 Å². The number of rotatable bonds is 6. The van der Waals surface area contributed by atoms with Crippen LogP contribution in [0.4, 0.5) is 0 Å². The lowest BCUT2D eigenvalue weighted by atomic mass is 9.80. The van der Waals surface area contributed by atoms with Crippen molar-refractivity contribution in [1.82, 2.24) is 24.8 Å². The zero-order valence-electron chi connectivity index (χ0n) is 21.4. The second-order valence-corrected chi connectivity index (χ2v) is 11.4. The lowest BCUT2D eigenvalue weighted by molar-refractivity contribution is -0.126. The number of aromatic nitrogens is 3. The van der Waals surface area contributed by atoms with E-state index >= 15 is 0 Å². The van der Waals surface area contributed by atoms with Crippen molar-refractivity contribution >= 4 is 27.7 Å². The number of amides is 1. The fourth-order valence-corrected chi connectivity index (χ4v) is 6.48. The summed E-state index contributed by atoms with van der Waals surface area (Å²) >= 11 is 0. The molecule has 3 aromatic rings. The SMILES string of the molecule is CN1CCC(C(N)=O)CC1(NCC1CC1)c1ccc2c(c1)c(=O)n(C1CCC(O)CC1)c1ncncc21. The zero-order valence-corrected chi connectivity index (χ0v) is 21.4. The summed E-state index contributed by atoms with van der Waals surface area (Å²) < 4.78 is 1.83. The lowest BCUT2D eigenvalue weighted by Gasteiger charge is -2.48. The number of piperidine rings is 1. The van der Waals surface area contributed by atoms with Crippen LogP contribution in [-0.2, 0) is 10.5 Å². The highest BCUT2D eigenvalue weighted by molar-refractivity contribution is 6.04. The van der Waals surface area contributed by atoms with Crippen LogP contribution >= 0.6 is 0 Å². The summed E-state index contributed by atoms with van der Waals surface area (Å²) in [5.74, 6) is 0.157. The van der Waals surface area contributed by atoms with Gasteiger partial charge in [0.1, 0.15) is 12.0 Å². The van der Waals surface area contributed by atoms with Gasteiger partial charge in [-0.05, 0) is 87.9 Å². The Morgan fingerprint density at radius 3 is 2.65 bits per heavy atom. The quantitative estimate of drug-likeness (QED) is 0.440. The van der Waals surface area contributed by atoms with E-state index in [-0.39, 0.29) is 29.5 Å². The van der Waals surface area contributed by atoms with Gasteiger partial charge in [0.15, 0.2) is 0 Å². The summed E-state index contributed by atoms with van der Waals surface area (Å²) in [5, 5.41) is 16.2. The molecule has 1 aromatic carbocycles. The van der Waals surface area contributed by atoms with Crippen LogP contribution in [0.5, 0.6) is 0 Å². The number of pyridine rings is 1. The highest BCUT2D eigenvalue weighted by Crippen LogP contribution is 2.40. The third kappa shape index (κ3) is 4.32. The molecule has 2 aromatic heterocycles. The van der Waals surface area contributed by atoms with Gasteiger partial charge in [0.2, 0.25) is 5.91 Å². The molecule has 0 bridgehead atoms. The minimum Gasteiger partial charge on any atom is -0.393 e. The largest absolute Gasteiger partial charge is 0.393 e. The maximum absolute atomic E-state index is 14.1. The van der Waals surface area contributed by atoms with E-state index in [2.05, 4.69) is 33.3 Å². The second kappa shape index (κ2) is 9.45. The predicted molar refractivity (Wildman–Crippen MR) is 142 cm³/mol. The Hall–Kier alpha value is -2.88. The molecule has 4 N–H and O–H groups in total. The minimum absolute atomic E-state index is 0.0140. The molecule has 1 saturated heterocycles. The molecule has 1 amide bonds. The van der Waals surface area contributed by atoms with Crippen LogP contribution in [0.2, 0.25) is 0 Å². The monoisotopic (exact) mass is 504 g/mol. The molecule has 3 heterocycles. The Kier molecular flexibility index (Phi) is 6.25. The molecule has 0 radical (unpaired) electrons. The highest BCUT2D eigenvalue weighted by atomic mass is 16.3. The highest BCUT2D eigenvalue weighted by Gasteiger charge is 2.44. The third-order valence-electron chi connectivity index (χ3n) is 8.98. The van der Waals surface area contributed by atoms with Gasteiger partial charge in [-0.2, -0.15) is 0 Å². The Bertz CT molecular complexity index is 1390. The number of hydrogen-bond donors (Lipinski definition) is 3.